The minimum absolute atomic E-state index is 0.00188. The van der Waals surface area contributed by atoms with Gasteiger partial charge in [-0.15, -0.1) is 0 Å². The minimum atomic E-state index is -0.0670. The molecule has 1 N–H and O–H groups in total. The number of thiophene rings is 1. The highest BCUT2D eigenvalue weighted by molar-refractivity contribution is 7.08. The molecule has 0 spiro atoms. The van der Waals surface area contributed by atoms with Gasteiger partial charge in [0.2, 0.25) is 0 Å². The van der Waals surface area contributed by atoms with Crippen LogP contribution in [-0.4, -0.2) is 31.9 Å². The average Bonchev–Trinajstić information content (AvgIpc) is 3.17. The molecule has 1 aliphatic rings. The van der Waals surface area contributed by atoms with E-state index in [-0.39, 0.29) is 11.5 Å². The maximum Gasteiger partial charge on any atom is 0.276 e. The molecule has 0 unspecified atom stereocenters. The van der Waals surface area contributed by atoms with Crippen LogP contribution in [0.4, 0.5) is 0 Å². The third-order valence-corrected chi connectivity index (χ3v) is 4.44. The summed E-state index contributed by atoms with van der Waals surface area (Å²) in [7, 11) is 0. The van der Waals surface area contributed by atoms with Gasteiger partial charge in [-0.25, -0.2) is 9.50 Å². The van der Waals surface area contributed by atoms with E-state index in [1.165, 1.54) is 15.9 Å². The van der Waals surface area contributed by atoms with Crippen molar-refractivity contribution >= 4 is 22.9 Å². The molecule has 0 radical (unpaired) electrons. The van der Waals surface area contributed by atoms with Crippen LogP contribution < -0.4 is 5.56 Å². The van der Waals surface area contributed by atoms with Gasteiger partial charge >= 0.3 is 0 Å². The fraction of sp³-hybridized carbons (Fsp3) is 0.214. The van der Waals surface area contributed by atoms with Crippen LogP contribution in [0.2, 0.25) is 0 Å². The second-order valence-corrected chi connectivity index (χ2v) is 5.77. The summed E-state index contributed by atoms with van der Waals surface area (Å²) in [6, 6.07) is 3.57. The van der Waals surface area contributed by atoms with E-state index in [2.05, 4.69) is 10.1 Å². The molecule has 0 saturated heterocycles. The number of carbonyl (C=O) groups excluding carboxylic acids is 1. The molecule has 0 bridgehead atoms. The Morgan fingerprint density at radius 2 is 2.29 bits per heavy atom. The van der Waals surface area contributed by atoms with Crippen molar-refractivity contribution in [1.29, 1.82) is 0 Å². The monoisotopic (exact) mass is 300 g/mol. The predicted molar refractivity (Wildman–Crippen MR) is 78.6 cm³/mol. The number of H-pyrrole nitrogens is 1. The highest BCUT2D eigenvalue weighted by atomic mass is 32.1. The molecular formula is C14H12N4O2S. The van der Waals surface area contributed by atoms with Gasteiger partial charge < -0.3 is 4.90 Å². The van der Waals surface area contributed by atoms with Crippen LogP contribution in [0.5, 0.6) is 0 Å². The summed E-state index contributed by atoms with van der Waals surface area (Å²) in [5.41, 5.74) is 2.62. The fourth-order valence-electron chi connectivity index (χ4n) is 2.67. The van der Waals surface area contributed by atoms with Crippen LogP contribution >= 0.6 is 11.3 Å². The van der Waals surface area contributed by atoms with Crippen molar-refractivity contribution in [2.24, 2.45) is 0 Å². The van der Waals surface area contributed by atoms with E-state index >= 15 is 0 Å². The number of carbonyl (C=O) groups is 1. The summed E-state index contributed by atoms with van der Waals surface area (Å²) in [4.78, 5) is 31.0. The van der Waals surface area contributed by atoms with Crippen molar-refractivity contribution in [3.63, 3.8) is 0 Å². The van der Waals surface area contributed by atoms with Crippen LogP contribution in [0.3, 0.4) is 0 Å². The highest BCUT2D eigenvalue weighted by Gasteiger charge is 2.25. The molecule has 1 aliphatic heterocycles. The van der Waals surface area contributed by atoms with E-state index < -0.39 is 0 Å². The van der Waals surface area contributed by atoms with Gasteiger partial charge in [0.25, 0.3) is 11.5 Å². The van der Waals surface area contributed by atoms with Gasteiger partial charge in [0.15, 0.2) is 5.65 Å². The molecule has 4 heterocycles. The molecule has 7 heteroatoms. The lowest BCUT2D eigenvalue weighted by molar-refractivity contribution is 0.0732. The number of nitrogens with zero attached hydrogens (tertiary/aromatic N) is 3. The second-order valence-electron chi connectivity index (χ2n) is 4.99. The smallest absolute Gasteiger partial charge is 0.276 e. The van der Waals surface area contributed by atoms with Crippen LogP contribution in [0.25, 0.3) is 5.65 Å². The quantitative estimate of drug-likeness (QED) is 0.736. The lowest BCUT2D eigenvalue weighted by Crippen LogP contribution is -2.39. The first kappa shape index (κ1) is 12.3. The van der Waals surface area contributed by atoms with Crippen molar-refractivity contribution in [1.82, 2.24) is 19.5 Å². The maximum absolute atomic E-state index is 12.4. The zero-order valence-corrected chi connectivity index (χ0v) is 11.9. The van der Waals surface area contributed by atoms with Gasteiger partial charge in [-0.1, -0.05) is 0 Å². The number of nitrogens with one attached hydrogen (secondary N) is 1. The second kappa shape index (κ2) is 4.56. The van der Waals surface area contributed by atoms with Gasteiger partial charge in [0.1, 0.15) is 0 Å². The number of hydrogen-bond acceptors (Lipinski definition) is 4. The van der Waals surface area contributed by atoms with E-state index in [4.69, 9.17) is 0 Å². The van der Waals surface area contributed by atoms with Crippen molar-refractivity contribution in [3.05, 3.63) is 56.3 Å². The number of rotatable bonds is 1. The van der Waals surface area contributed by atoms with Crippen molar-refractivity contribution in [2.45, 2.75) is 13.0 Å². The number of amides is 1. The summed E-state index contributed by atoms with van der Waals surface area (Å²) in [6.45, 7) is 0.937. The third kappa shape index (κ3) is 1.89. The van der Waals surface area contributed by atoms with Crippen LogP contribution in [0.15, 0.2) is 33.9 Å². The van der Waals surface area contributed by atoms with Gasteiger partial charge in [-0.3, -0.25) is 14.7 Å². The minimum Gasteiger partial charge on any atom is -0.332 e. The first-order valence-electron chi connectivity index (χ1n) is 6.63. The van der Waals surface area contributed by atoms with E-state index in [1.54, 1.807) is 17.2 Å². The molecule has 106 valence electrons. The summed E-state index contributed by atoms with van der Waals surface area (Å²) in [5, 5.41) is 6.59. The Labute approximate surface area is 123 Å². The van der Waals surface area contributed by atoms with Gasteiger partial charge in [0, 0.05) is 29.8 Å². The molecule has 21 heavy (non-hydrogen) atoms. The topological polar surface area (TPSA) is 70.5 Å². The van der Waals surface area contributed by atoms with Crippen molar-refractivity contribution in [3.8, 4) is 0 Å². The molecule has 0 saturated carbocycles. The normalized spacial score (nSPS) is 14.4. The molecule has 6 nitrogen and oxygen atoms in total. The van der Waals surface area contributed by atoms with Gasteiger partial charge in [0.05, 0.1) is 17.8 Å². The third-order valence-electron chi connectivity index (χ3n) is 3.75. The van der Waals surface area contributed by atoms with Crippen molar-refractivity contribution < 1.29 is 4.79 Å². The van der Waals surface area contributed by atoms with E-state index in [9.17, 15) is 9.59 Å². The Bertz CT molecular complexity index is 878. The van der Waals surface area contributed by atoms with Gasteiger partial charge in [-0.05, 0) is 17.9 Å². The lowest BCUT2D eigenvalue weighted by Gasteiger charge is -2.27. The lowest BCUT2D eigenvalue weighted by atomic mass is 10.1. The van der Waals surface area contributed by atoms with E-state index in [1.807, 2.05) is 16.8 Å². The zero-order chi connectivity index (χ0) is 14.4. The highest BCUT2D eigenvalue weighted by Crippen LogP contribution is 2.18. The summed E-state index contributed by atoms with van der Waals surface area (Å²) in [6.07, 6.45) is 2.22. The summed E-state index contributed by atoms with van der Waals surface area (Å²) >= 11 is 1.50. The maximum atomic E-state index is 12.4. The van der Waals surface area contributed by atoms with E-state index in [0.29, 0.717) is 42.0 Å². The Morgan fingerprint density at radius 3 is 3.10 bits per heavy atom. The average molecular weight is 300 g/mol. The first-order chi connectivity index (χ1) is 10.2. The number of aromatic nitrogens is 3. The fourth-order valence-corrected chi connectivity index (χ4v) is 3.30. The molecule has 4 rings (SSSR count). The van der Waals surface area contributed by atoms with E-state index in [0.717, 1.165) is 0 Å². The summed E-state index contributed by atoms with van der Waals surface area (Å²) in [5.74, 6) is -0.00188. The summed E-state index contributed by atoms with van der Waals surface area (Å²) < 4.78 is 1.44. The Morgan fingerprint density at radius 1 is 1.38 bits per heavy atom. The number of aromatic amines is 1. The molecule has 0 aromatic carbocycles. The molecule has 0 fully saturated rings. The Hall–Kier alpha value is -2.41. The Balaban J connectivity index is 1.73. The van der Waals surface area contributed by atoms with Crippen molar-refractivity contribution in [2.75, 3.05) is 6.54 Å². The first-order valence-corrected chi connectivity index (χ1v) is 7.58. The number of hydrogen-bond donors (Lipinski definition) is 1. The van der Waals surface area contributed by atoms with Gasteiger partial charge in [-0.2, -0.15) is 11.3 Å². The van der Waals surface area contributed by atoms with Crippen LogP contribution in [0.1, 0.15) is 21.6 Å². The molecule has 3 aromatic rings. The zero-order valence-electron chi connectivity index (χ0n) is 11.1. The SMILES string of the molecule is O=C(c1ccsc1)N1CCc2c(nc3cc[nH]n3c2=O)C1. The molecule has 1 amide bonds. The molecule has 0 aliphatic carbocycles. The Kier molecular flexibility index (Phi) is 2.68. The molecule has 0 atom stereocenters. The van der Waals surface area contributed by atoms with Crippen LogP contribution in [-0.2, 0) is 13.0 Å². The molecular weight excluding hydrogens is 288 g/mol. The largest absolute Gasteiger partial charge is 0.332 e. The van der Waals surface area contributed by atoms with Crippen LogP contribution in [0, 0.1) is 0 Å². The standard InChI is InChI=1S/C14H12N4O2S/c19-13(9-3-6-21-8-9)17-5-2-10-11(7-17)16-12-1-4-15-18(12)14(10)20/h1,3-4,6,8,15H,2,5,7H2. The number of fused-ring (bicyclic) bond motifs is 2. The predicted octanol–water partition coefficient (Wildman–Crippen LogP) is 1.28. The molecule has 3 aromatic heterocycles.